The van der Waals surface area contributed by atoms with E-state index >= 15 is 0 Å². The van der Waals surface area contributed by atoms with Crippen LogP contribution in [0.4, 0.5) is 5.95 Å². The molecule has 0 saturated heterocycles. The zero-order valence-corrected chi connectivity index (χ0v) is 21.3. The molecule has 0 radical (unpaired) electrons. The van der Waals surface area contributed by atoms with Crippen LogP contribution in [0.15, 0.2) is 91.1 Å². The van der Waals surface area contributed by atoms with Gasteiger partial charge in [0, 0.05) is 28.5 Å². The van der Waals surface area contributed by atoms with E-state index in [2.05, 4.69) is 5.32 Å². The van der Waals surface area contributed by atoms with Crippen molar-refractivity contribution in [2.45, 2.75) is 32.7 Å². The van der Waals surface area contributed by atoms with Gasteiger partial charge < -0.3 is 4.90 Å². The van der Waals surface area contributed by atoms with Crippen LogP contribution < -0.4 is 5.32 Å². The van der Waals surface area contributed by atoms with Gasteiger partial charge in [-0.3, -0.25) is 19.5 Å². The van der Waals surface area contributed by atoms with Crippen molar-refractivity contribution in [1.29, 1.82) is 0 Å². The molecule has 0 unspecified atom stereocenters. The lowest BCUT2D eigenvalue weighted by atomic mass is 9.99. The summed E-state index contributed by atoms with van der Waals surface area (Å²) >= 11 is 6.05. The first-order chi connectivity index (χ1) is 17.3. The summed E-state index contributed by atoms with van der Waals surface area (Å²) < 4.78 is 1.83. The molecule has 4 rings (SSSR count). The largest absolute Gasteiger partial charge is 0.330 e. The summed E-state index contributed by atoms with van der Waals surface area (Å²) in [5, 5.41) is 3.56. The van der Waals surface area contributed by atoms with Crippen molar-refractivity contribution in [3.63, 3.8) is 0 Å². The van der Waals surface area contributed by atoms with Gasteiger partial charge in [-0.05, 0) is 50.6 Å². The fourth-order valence-electron chi connectivity index (χ4n) is 3.98. The Morgan fingerprint density at radius 2 is 1.53 bits per heavy atom. The number of nitrogens with zero attached hydrogens (tertiary/aromatic N) is 3. The summed E-state index contributed by atoms with van der Waals surface area (Å²) in [6.45, 7) is 5.61. The minimum absolute atomic E-state index is 0.0778. The van der Waals surface area contributed by atoms with Gasteiger partial charge in [0.25, 0.3) is 0 Å². The molecule has 2 amide bonds. The van der Waals surface area contributed by atoms with E-state index in [9.17, 15) is 9.59 Å². The van der Waals surface area contributed by atoms with Crippen LogP contribution in [0.1, 0.15) is 32.3 Å². The summed E-state index contributed by atoms with van der Waals surface area (Å²) in [6, 6.07) is 26.5. The van der Waals surface area contributed by atoms with E-state index in [1.165, 1.54) is 0 Å². The van der Waals surface area contributed by atoms with Crippen molar-refractivity contribution in [2.24, 2.45) is 0 Å². The highest BCUT2D eigenvalue weighted by Gasteiger charge is 2.26. The highest BCUT2D eigenvalue weighted by atomic mass is 35.5. The number of hydrogen-bond acceptors (Lipinski definition) is 3. The molecule has 36 heavy (non-hydrogen) atoms. The van der Waals surface area contributed by atoms with Gasteiger partial charge in [0.15, 0.2) is 0 Å². The lowest BCUT2D eigenvalue weighted by molar-refractivity contribution is -0.137. The Morgan fingerprint density at radius 1 is 0.917 bits per heavy atom. The van der Waals surface area contributed by atoms with Gasteiger partial charge in [-0.1, -0.05) is 72.3 Å². The van der Waals surface area contributed by atoms with Crippen molar-refractivity contribution in [3.8, 4) is 16.9 Å². The molecule has 0 aliphatic carbocycles. The highest BCUT2D eigenvalue weighted by Crippen LogP contribution is 2.26. The molecule has 6 nitrogen and oxygen atoms in total. The summed E-state index contributed by atoms with van der Waals surface area (Å²) in [6.07, 6.45) is 1.87. The SMILES string of the molecule is CC(C)N(CC(=O)Nc1nc(-c2ccc(Cl)cc2)cn1-c1ccccc1)C(=O)[C@H](C)c1ccccc1. The number of benzene rings is 3. The van der Waals surface area contributed by atoms with Gasteiger partial charge in [-0.25, -0.2) is 4.98 Å². The van der Waals surface area contributed by atoms with E-state index in [4.69, 9.17) is 16.6 Å². The summed E-state index contributed by atoms with van der Waals surface area (Å²) in [4.78, 5) is 32.8. The Morgan fingerprint density at radius 3 is 2.14 bits per heavy atom. The molecule has 0 spiro atoms. The first-order valence-electron chi connectivity index (χ1n) is 11.9. The predicted molar refractivity (Wildman–Crippen MR) is 144 cm³/mol. The smallest absolute Gasteiger partial charge is 0.246 e. The third-order valence-electron chi connectivity index (χ3n) is 6.02. The van der Waals surface area contributed by atoms with Crippen LogP contribution in [0.2, 0.25) is 5.02 Å². The van der Waals surface area contributed by atoms with Gasteiger partial charge in [-0.15, -0.1) is 0 Å². The number of nitrogens with one attached hydrogen (secondary N) is 1. The Labute approximate surface area is 216 Å². The number of imidazole rings is 1. The van der Waals surface area contributed by atoms with E-state index in [1.54, 1.807) is 17.0 Å². The molecule has 4 aromatic rings. The van der Waals surface area contributed by atoms with Crippen molar-refractivity contribution in [1.82, 2.24) is 14.5 Å². The maximum Gasteiger partial charge on any atom is 0.246 e. The average molecular weight is 501 g/mol. The first-order valence-corrected chi connectivity index (χ1v) is 12.3. The number of anilines is 1. The summed E-state index contributed by atoms with van der Waals surface area (Å²) in [7, 11) is 0. The molecule has 0 bridgehead atoms. The lowest BCUT2D eigenvalue weighted by Gasteiger charge is -2.29. The number of halogens is 1. The Bertz CT molecular complexity index is 1320. The lowest BCUT2D eigenvalue weighted by Crippen LogP contribution is -2.44. The number of carbonyl (C=O) groups excluding carboxylic acids is 2. The molecule has 0 fully saturated rings. The molecule has 1 atom stereocenters. The van der Waals surface area contributed by atoms with Crippen LogP contribution in [0.25, 0.3) is 16.9 Å². The molecule has 184 valence electrons. The van der Waals surface area contributed by atoms with Crippen molar-refractivity contribution >= 4 is 29.4 Å². The van der Waals surface area contributed by atoms with E-state index in [0.29, 0.717) is 16.7 Å². The standard InChI is InChI=1S/C29H29ClN4O2/c1-20(2)33(28(36)21(3)22-10-6-4-7-11-22)19-27(35)32-29-31-26(23-14-16-24(30)17-15-23)18-34(29)25-12-8-5-9-13-25/h4-18,20-21H,19H2,1-3H3,(H,31,32,35)/t21-/m1/s1. The fourth-order valence-corrected chi connectivity index (χ4v) is 4.11. The normalized spacial score (nSPS) is 11.8. The minimum Gasteiger partial charge on any atom is -0.330 e. The Balaban J connectivity index is 1.58. The number of carbonyl (C=O) groups is 2. The summed E-state index contributed by atoms with van der Waals surface area (Å²) in [5.74, 6) is -0.394. The monoisotopic (exact) mass is 500 g/mol. The topological polar surface area (TPSA) is 67.2 Å². The molecule has 0 saturated carbocycles. The molecule has 1 N–H and O–H groups in total. The molecule has 7 heteroatoms. The zero-order valence-electron chi connectivity index (χ0n) is 20.6. The first kappa shape index (κ1) is 25.2. The Kier molecular flexibility index (Phi) is 7.86. The summed E-state index contributed by atoms with van der Waals surface area (Å²) in [5.41, 5.74) is 3.34. The molecule has 0 aliphatic rings. The van der Waals surface area contributed by atoms with Crippen LogP contribution in [-0.2, 0) is 9.59 Å². The van der Waals surface area contributed by atoms with Crippen molar-refractivity contribution in [3.05, 3.63) is 102 Å². The number of amides is 2. The van der Waals surface area contributed by atoms with E-state index in [1.807, 2.05) is 104 Å². The molecule has 1 heterocycles. The zero-order chi connectivity index (χ0) is 25.7. The number of aromatic nitrogens is 2. The van der Waals surface area contributed by atoms with Crippen molar-refractivity contribution < 1.29 is 9.59 Å². The average Bonchev–Trinajstić information content (AvgIpc) is 3.31. The number of para-hydroxylation sites is 1. The second-order valence-corrected chi connectivity index (χ2v) is 9.34. The molecule has 0 aliphatic heterocycles. The van der Waals surface area contributed by atoms with Gasteiger partial charge in [-0.2, -0.15) is 0 Å². The van der Waals surface area contributed by atoms with Crippen LogP contribution in [-0.4, -0.2) is 38.9 Å². The highest BCUT2D eigenvalue weighted by molar-refractivity contribution is 6.30. The van der Waals surface area contributed by atoms with Gasteiger partial charge >= 0.3 is 0 Å². The maximum atomic E-state index is 13.3. The molecular weight excluding hydrogens is 472 g/mol. The number of rotatable bonds is 8. The molecule has 1 aromatic heterocycles. The van der Waals surface area contributed by atoms with E-state index in [0.717, 1.165) is 16.8 Å². The van der Waals surface area contributed by atoms with Crippen LogP contribution in [0.5, 0.6) is 0 Å². The van der Waals surface area contributed by atoms with Crippen molar-refractivity contribution in [2.75, 3.05) is 11.9 Å². The third kappa shape index (κ3) is 5.83. The molecular formula is C29H29ClN4O2. The second kappa shape index (κ2) is 11.2. The van der Waals surface area contributed by atoms with Crippen LogP contribution >= 0.6 is 11.6 Å². The molecule has 3 aromatic carbocycles. The van der Waals surface area contributed by atoms with Gasteiger partial charge in [0.05, 0.1) is 11.6 Å². The maximum absolute atomic E-state index is 13.3. The predicted octanol–water partition coefficient (Wildman–Crippen LogP) is 6.17. The van der Waals surface area contributed by atoms with Gasteiger partial charge in [0.2, 0.25) is 17.8 Å². The van der Waals surface area contributed by atoms with Gasteiger partial charge in [0.1, 0.15) is 6.54 Å². The van der Waals surface area contributed by atoms with Crippen LogP contribution in [0.3, 0.4) is 0 Å². The van der Waals surface area contributed by atoms with Crippen LogP contribution in [0, 0.1) is 0 Å². The minimum atomic E-state index is -0.357. The Hall–Kier alpha value is -3.90. The second-order valence-electron chi connectivity index (χ2n) is 8.90. The fraction of sp³-hybridized carbons (Fsp3) is 0.207. The van der Waals surface area contributed by atoms with E-state index < -0.39 is 0 Å². The van der Waals surface area contributed by atoms with E-state index in [-0.39, 0.29) is 30.3 Å². The number of hydrogen-bond donors (Lipinski definition) is 1. The quantitative estimate of drug-likeness (QED) is 0.314. The third-order valence-corrected chi connectivity index (χ3v) is 6.27.